The standard InChI is InChI=1S/C14H18O/c15-13-5-3-1-2-4-12-10-6-8-11(9-7-10)14(12)13/h3,5-6,8,10-12,14H,1-2,4,7,9H2/b5-3-/t10-,11+,12+,14-/m0/s1. The van der Waals surface area contributed by atoms with Crippen LogP contribution in [0.4, 0.5) is 0 Å². The van der Waals surface area contributed by atoms with Crippen LogP contribution in [-0.4, -0.2) is 5.78 Å². The van der Waals surface area contributed by atoms with Crippen LogP contribution in [0, 0.1) is 23.7 Å². The van der Waals surface area contributed by atoms with Gasteiger partial charge in [-0.05, 0) is 55.9 Å². The third kappa shape index (κ3) is 1.49. The Morgan fingerprint density at radius 1 is 1.07 bits per heavy atom. The Hall–Kier alpha value is -0.850. The minimum Gasteiger partial charge on any atom is -0.295 e. The van der Waals surface area contributed by atoms with E-state index in [1.165, 1.54) is 25.7 Å². The molecule has 0 aliphatic heterocycles. The van der Waals surface area contributed by atoms with Crippen LogP contribution in [-0.2, 0) is 4.79 Å². The van der Waals surface area contributed by atoms with Crippen molar-refractivity contribution >= 4 is 5.78 Å². The van der Waals surface area contributed by atoms with Crippen molar-refractivity contribution in [3.8, 4) is 0 Å². The third-order valence-corrected chi connectivity index (χ3v) is 4.43. The number of hydrogen-bond acceptors (Lipinski definition) is 1. The lowest BCUT2D eigenvalue weighted by Gasteiger charge is -2.44. The monoisotopic (exact) mass is 202 g/mol. The third-order valence-electron chi connectivity index (χ3n) is 4.43. The zero-order valence-corrected chi connectivity index (χ0v) is 9.06. The van der Waals surface area contributed by atoms with Crippen molar-refractivity contribution in [1.82, 2.24) is 0 Å². The molecule has 0 heterocycles. The van der Waals surface area contributed by atoms with E-state index in [1.54, 1.807) is 0 Å². The number of hydrogen-bond donors (Lipinski definition) is 0. The molecule has 0 amide bonds. The highest BCUT2D eigenvalue weighted by molar-refractivity contribution is 5.92. The van der Waals surface area contributed by atoms with Crippen LogP contribution < -0.4 is 0 Å². The van der Waals surface area contributed by atoms with Gasteiger partial charge >= 0.3 is 0 Å². The van der Waals surface area contributed by atoms with Crippen molar-refractivity contribution in [3.63, 3.8) is 0 Å². The first-order valence-electron chi connectivity index (χ1n) is 6.25. The maximum atomic E-state index is 12.1. The van der Waals surface area contributed by atoms with E-state index >= 15 is 0 Å². The molecular formula is C14H18O. The Bertz CT molecular complexity index is 326. The van der Waals surface area contributed by atoms with Crippen LogP contribution in [0.15, 0.2) is 24.3 Å². The van der Waals surface area contributed by atoms with Gasteiger partial charge in [-0.2, -0.15) is 0 Å². The number of rotatable bonds is 0. The Balaban J connectivity index is 1.95. The van der Waals surface area contributed by atoms with E-state index in [-0.39, 0.29) is 0 Å². The predicted octanol–water partition coefficient (Wildman–Crippen LogP) is 3.12. The fraction of sp³-hybridized carbons (Fsp3) is 0.643. The first-order valence-corrected chi connectivity index (χ1v) is 6.25. The normalized spacial score (nSPS) is 45.7. The van der Waals surface area contributed by atoms with Gasteiger partial charge in [0.2, 0.25) is 0 Å². The molecule has 1 heteroatoms. The van der Waals surface area contributed by atoms with E-state index in [9.17, 15) is 4.79 Å². The molecule has 0 saturated heterocycles. The number of ketones is 1. The van der Waals surface area contributed by atoms with Crippen molar-refractivity contribution in [2.24, 2.45) is 23.7 Å². The largest absolute Gasteiger partial charge is 0.295 e. The molecule has 4 aliphatic carbocycles. The van der Waals surface area contributed by atoms with Crippen LogP contribution in [0.2, 0.25) is 0 Å². The molecule has 4 aliphatic rings. The minimum atomic E-state index is 0.324. The number of allylic oxidation sites excluding steroid dienone is 4. The summed E-state index contributed by atoms with van der Waals surface area (Å²) in [6.07, 6.45) is 14.8. The number of fused-ring (bicyclic) bond motifs is 1. The second-order valence-corrected chi connectivity index (χ2v) is 5.22. The van der Waals surface area contributed by atoms with Crippen molar-refractivity contribution < 1.29 is 4.79 Å². The molecule has 0 unspecified atom stereocenters. The number of carbonyl (C=O) groups is 1. The molecule has 4 rings (SSSR count). The Morgan fingerprint density at radius 3 is 2.67 bits per heavy atom. The molecule has 0 N–H and O–H groups in total. The lowest BCUT2D eigenvalue weighted by Crippen LogP contribution is -2.41. The number of carbonyl (C=O) groups excluding carboxylic acids is 1. The topological polar surface area (TPSA) is 17.1 Å². The Labute approximate surface area is 91.2 Å². The lowest BCUT2D eigenvalue weighted by atomic mass is 9.59. The molecule has 1 nitrogen and oxygen atoms in total. The van der Waals surface area contributed by atoms with Gasteiger partial charge in [0.15, 0.2) is 5.78 Å². The van der Waals surface area contributed by atoms with E-state index in [0.29, 0.717) is 29.5 Å². The van der Waals surface area contributed by atoms with Crippen molar-refractivity contribution in [3.05, 3.63) is 24.3 Å². The molecule has 1 fully saturated rings. The van der Waals surface area contributed by atoms with Gasteiger partial charge in [-0.1, -0.05) is 18.2 Å². The fourth-order valence-electron chi connectivity index (χ4n) is 3.70. The lowest BCUT2D eigenvalue weighted by molar-refractivity contribution is -0.123. The van der Waals surface area contributed by atoms with Crippen molar-refractivity contribution in [2.45, 2.75) is 32.1 Å². The molecule has 15 heavy (non-hydrogen) atoms. The van der Waals surface area contributed by atoms with Crippen LogP contribution in [0.3, 0.4) is 0 Å². The van der Waals surface area contributed by atoms with Crippen LogP contribution in [0.5, 0.6) is 0 Å². The second-order valence-electron chi connectivity index (χ2n) is 5.22. The van der Waals surface area contributed by atoms with Gasteiger partial charge in [0.1, 0.15) is 0 Å². The summed E-state index contributed by atoms with van der Waals surface area (Å²) in [5, 5.41) is 0. The molecule has 0 aromatic rings. The van der Waals surface area contributed by atoms with E-state index in [1.807, 2.05) is 6.08 Å². The van der Waals surface area contributed by atoms with Crippen molar-refractivity contribution in [2.75, 3.05) is 0 Å². The summed E-state index contributed by atoms with van der Waals surface area (Å²) in [5.41, 5.74) is 0. The summed E-state index contributed by atoms with van der Waals surface area (Å²) in [5.74, 6) is 2.64. The van der Waals surface area contributed by atoms with Crippen LogP contribution >= 0.6 is 0 Å². The summed E-state index contributed by atoms with van der Waals surface area (Å²) in [4.78, 5) is 12.1. The van der Waals surface area contributed by atoms with E-state index < -0.39 is 0 Å². The molecule has 0 radical (unpaired) electrons. The summed E-state index contributed by atoms with van der Waals surface area (Å²) >= 11 is 0. The predicted molar refractivity (Wildman–Crippen MR) is 60.3 cm³/mol. The first kappa shape index (κ1) is 9.38. The van der Waals surface area contributed by atoms with Crippen LogP contribution in [0.1, 0.15) is 32.1 Å². The average Bonchev–Trinajstić information content (AvgIpc) is 2.26. The molecule has 2 bridgehead atoms. The molecular weight excluding hydrogens is 184 g/mol. The van der Waals surface area contributed by atoms with Gasteiger partial charge in [0.25, 0.3) is 0 Å². The van der Waals surface area contributed by atoms with Gasteiger partial charge in [-0.15, -0.1) is 0 Å². The quantitative estimate of drug-likeness (QED) is 0.551. The summed E-state index contributed by atoms with van der Waals surface area (Å²) in [6.45, 7) is 0. The fourth-order valence-corrected chi connectivity index (χ4v) is 3.70. The summed E-state index contributed by atoms with van der Waals surface area (Å²) in [7, 11) is 0. The van der Waals surface area contributed by atoms with Crippen LogP contribution in [0.25, 0.3) is 0 Å². The highest BCUT2D eigenvalue weighted by Crippen LogP contribution is 2.47. The maximum Gasteiger partial charge on any atom is 0.159 e. The zero-order chi connectivity index (χ0) is 10.3. The van der Waals surface area contributed by atoms with Gasteiger partial charge in [0, 0.05) is 5.92 Å². The summed E-state index contributed by atoms with van der Waals surface area (Å²) < 4.78 is 0. The van der Waals surface area contributed by atoms with E-state index in [4.69, 9.17) is 0 Å². The van der Waals surface area contributed by atoms with Gasteiger partial charge in [-0.25, -0.2) is 0 Å². The molecule has 0 spiro atoms. The zero-order valence-electron chi connectivity index (χ0n) is 9.06. The van der Waals surface area contributed by atoms with Crippen molar-refractivity contribution in [1.29, 1.82) is 0 Å². The molecule has 0 aromatic carbocycles. The average molecular weight is 202 g/mol. The highest BCUT2D eigenvalue weighted by atomic mass is 16.1. The highest BCUT2D eigenvalue weighted by Gasteiger charge is 2.43. The summed E-state index contributed by atoms with van der Waals surface area (Å²) in [6, 6.07) is 0. The minimum absolute atomic E-state index is 0.324. The molecule has 4 atom stereocenters. The van der Waals surface area contributed by atoms with E-state index in [0.717, 1.165) is 6.42 Å². The van der Waals surface area contributed by atoms with Gasteiger partial charge in [-0.3, -0.25) is 4.79 Å². The molecule has 0 aromatic heterocycles. The molecule has 80 valence electrons. The van der Waals surface area contributed by atoms with Gasteiger partial charge < -0.3 is 0 Å². The smallest absolute Gasteiger partial charge is 0.159 e. The maximum absolute atomic E-state index is 12.1. The second kappa shape index (κ2) is 3.62. The first-order chi connectivity index (χ1) is 7.36. The Kier molecular flexibility index (Phi) is 2.27. The molecule has 1 saturated carbocycles. The SMILES string of the molecule is O=C1/C=C\CCC[C@H]2[C@@H]1[C@@H]1C=C[C@H]2CC1. The van der Waals surface area contributed by atoms with E-state index in [2.05, 4.69) is 18.2 Å². The van der Waals surface area contributed by atoms with Gasteiger partial charge in [0.05, 0.1) is 0 Å². The Morgan fingerprint density at radius 2 is 1.87 bits per heavy atom.